The zero-order chi connectivity index (χ0) is 16.8. The molecule has 2 aromatic rings. The molecule has 24 heavy (non-hydrogen) atoms. The molecule has 1 aliphatic rings. The van der Waals surface area contributed by atoms with E-state index in [1.54, 1.807) is 7.11 Å². The molecule has 0 saturated carbocycles. The number of benzene rings is 2. The van der Waals surface area contributed by atoms with Crippen molar-refractivity contribution in [1.82, 2.24) is 9.80 Å². The van der Waals surface area contributed by atoms with E-state index in [0.717, 1.165) is 44.0 Å². The summed E-state index contributed by atoms with van der Waals surface area (Å²) >= 11 is 0. The molecule has 0 atom stereocenters. The maximum absolute atomic E-state index is 12.4. The molecule has 2 aromatic carbocycles. The number of carbonyl (C=O) groups is 1. The normalized spacial score (nSPS) is 15.3. The maximum Gasteiger partial charge on any atom is 0.227 e. The fraction of sp³-hybridized carbons (Fsp3) is 0.350. The van der Waals surface area contributed by atoms with Crippen molar-refractivity contribution in [2.75, 3.05) is 33.3 Å². The molecule has 0 N–H and O–H groups in total. The Labute approximate surface area is 143 Å². The molecule has 0 aliphatic carbocycles. The van der Waals surface area contributed by atoms with E-state index in [0.29, 0.717) is 6.42 Å². The van der Waals surface area contributed by atoms with Gasteiger partial charge in [0.1, 0.15) is 5.75 Å². The van der Waals surface area contributed by atoms with Gasteiger partial charge in [-0.05, 0) is 23.3 Å². The van der Waals surface area contributed by atoms with E-state index < -0.39 is 0 Å². The molecule has 1 saturated heterocycles. The molecule has 3 rings (SSSR count). The van der Waals surface area contributed by atoms with Crippen LogP contribution in [0.5, 0.6) is 5.75 Å². The number of methoxy groups -OCH3 is 1. The molecule has 0 bridgehead atoms. The largest absolute Gasteiger partial charge is 0.497 e. The highest BCUT2D eigenvalue weighted by Crippen LogP contribution is 2.14. The highest BCUT2D eigenvalue weighted by atomic mass is 16.5. The molecule has 1 amide bonds. The van der Waals surface area contributed by atoms with Crippen LogP contribution in [0.3, 0.4) is 0 Å². The summed E-state index contributed by atoms with van der Waals surface area (Å²) in [4.78, 5) is 16.8. The van der Waals surface area contributed by atoms with Crippen molar-refractivity contribution < 1.29 is 9.53 Å². The number of rotatable bonds is 5. The number of hydrogen-bond acceptors (Lipinski definition) is 3. The van der Waals surface area contributed by atoms with Crippen molar-refractivity contribution >= 4 is 5.91 Å². The van der Waals surface area contributed by atoms with Crippen molar-refractivity contribution in [3.8, 4) is 5.75 Å². The first-order chi connectivity index (χ1) is 11.7. The Kier molecular flexibility index (Phi) is 5.49. The minimum Gasteiger partial charge on any atom is -0.497 e. The first-order valence-electron chi connectivity index (χ1n) is 8.41. The van der Waals surface area contributed by atoms with Crippen LogP contribution in [0.25, 0.3) is 0 Å². The molecule has 4 nitrogen and oxygen atoms in total. The fourth-order valence-electron chi connectivity index (χ4n) is 3.03. The van der Waals surface area contributed by atoms with Gasteiger partial charge in [0, 0.05) is 32.7 Å². The average Bonchev–Trinajstić information content (AvgIpc) is 2.64. The Hall–Kier alpha value is -2.33. The van der Waals surface area contributed by atoms with Crippen LogP contribution in [0, 0.1) is 0 Å². The van der Waals surface area contributed by atoms with Crippen molar-refractivity contribution in [2.24, 2.45) is 0 Å². The predicted octanol–water partition coefficient (Wildman–Crippen LogP) is 2.58. The van der Waals surface area contributed by atoms with Crippen molar-refractivity contribution in [3.63, 3.8) is 0 Å². The molecular formula is C20H24N2O2. The van der Waals surface area contributed by atoms with Gasteiger partial charge in [-0.3, -0.25) is 9.69 Å². The summed E-state index contributed by atoms with van der Waals surface area (Å²) in [7, 11) is 1.68. The topological polar surface area (TPSA) is 32.8 Å². The molecule has 1 heterocycles. The average molecular weight is 324 g/mol. The van der Waals surface area contributed by atoms with Crippen LogP contribution in [0.15, 0.2) is 54.6 Å². The molecule has 126 valence electrons. The summed E-state index contributed by atoms with van der Waals surface area (Å²) < 4.78 is 5.19. The van der Waals surface area contributed by atoms with E-state index in [4.69, 9.17) is 4.74 Å². The van der Waals surface area contributed by atoms with Gasteiger partial charge in [0.15, 0.2) is 0 Å². The Morgan fingerprint density at radius 2 is 1.58 bits per heavy atom. The molecule has 0 radical (unpaired) electrons. The van der Waals surface area contributed by atoms with E-state index in [1.165, 1.54) is 5.56 Å². The van der Waals surface area contributed by atoms with E-state index in [9.17, 15) is 4.79 Å². The summed E-state index contributed by atoms with van der Waals surface area (Å²) in [6, 6.07) is 18.2. The molecule has 0 spiro atoms. The number of amides is 1. The van der Waals surface area contributed by atoms with Gasteiger partial charge in [-0.2, -0.15) is 0 Å². The zero-order valence-corrected chi connectivity index (χ0v) is 14.1. The lowest BCUT2D eigenvalue weighted by molar-refractivity contribution is -0.132. The minimum atomic E-state index is 0.227. The Balaban J connectivity index is 1.47. The van der Waals surface area contributed by atoms with E-state index in [-0.39, 0.29) is 5.91 Å². The number of nitrogens with zero attached hydrogens (tertiary/aromatic N) is 2. The third kappa shape index (κ3) is 4.36. The Bertz CT molecular complexity index is 647. The highest BCUT2D eigenvalue weighted by Gasteiger charge is 2.21. The van der Waals surface area contributed by atoms with Gasteiger partial charge in [0.2, 0.25) is 5.91 Å². The number of piperazine rings is 1. The van der Waals surface area contributed by atoms with Gasteiger partial charge in [-0.25, -0.2) is 0 Å². The molecule has 1 aliphatic heterocycles. The molecular weight excluding hydrogens is 300 g/mol. The van der Waals surface area contributed by atoms with Crippen LogP contribution in [-0.4, -0.2) is 49.0 Å². The zero-order valence-electron chi connectivity index (χ0n) is 14.1. The SMILES string of the molecule is COc1ccc(CN2CCN(C(=O)Cc3ccccc3)CC2)cc1. The smallest absolute Gasteiger partial charge is 0.227 e. The van der Waals surface area contributed by atoms with Crippen LogP contribution in [0.2, 0.25) is 0 Å². The predicted molar refractivity (Wildman–Crippen MR) is 95.0 cm³/mol. The lowest BCUT2D eigenvalue weighted by Gasteiger charge is -2.34. The third-order valence-electron chi connectivity index (χ3n) is 4.49. The van der Waals surface area contributed by atoms with Crippen LogP contribution in [0.1, 0.15) is 11.1 Å². The van der Waals surface area contributed by atoms with Gasteiger partial charge in [-0.15, -0.1) is 0 Å². The lowest BCUT2D eigenvalue weighted by Crippen LogP contribution is -2.48. The summed E-state index contributed by atoms with van der Waals surface area (Å²) in [6.45, 7) is 4.38. The van der Waals surface area contributed by atoms with Crippen LogP contribution in [0.4, 0.5) is 0 Å². The van der Waals surface area contributed by atoms with Crippen molar-refractivity contribution in [1.29, 1.82) is 0 Å². The Morgan fingerprint density at radius 3 is 2.21 bits per heavy atom. The van der Waals surface area contributed by atoms with Gasteiger partial charge in [0.25, 0.3) is 0 Å². The van der Waals surface area contributed by atoms with Gasteiger partial charge in [0.05, 0.1) is 13.5 Å². The van der Waals surface area contributed by atoms with Crippen molar-refractivity contribution in [3.05, 3.63) is 65.7 Å². The minimum absolute atomic E-state index is 0.227. The van der Waals surface area contributed by atoms with Crippen LogP contribution < -0.4 is 4.74 Å². The quantitative estimate of drug-likeness (QED) is 0.847. The summed E-state index contributed by atoms with van der Waals surface area (Å²) in [6.07, 6.45) is 0.499. The summed E-state index contributed by atoms with van der Waals surface area (Å²) in [5, 5.41) is 0. The second kappa shape index (κ2) is 7.97. The molecule has 4 heteroatoms. The second-order valence-corrected chi connectivity index (χ2v) is 6.17. The third-order valence-corrected chi connectivity index (χ3v) is 4.49. The highest BCUT2D eigenvalue weighted by molar-refractivity contribution is 5.78. The number of hydrogen-bond donors (Lipinski definition) is 0. The van der Waals surface area contributed by atoms with Gasteiger partial charge < -0.3 is 9.64 Å². The molecule has 1 fully saturated rings. The second-order valence-electron chi connectivity index (χ2n) is 6.17. The van der Waals surface area contributed by atoms with Gasteiger partial charge in [-0.1, -0.05) is 42.5 Å². The van der Waals surface area contributed by atoms with Crippen molar-refractivity contribution in [2.45, 2.75) is 13.0 Å². The lowest BCUT2D eigenvalue weighted by atomic mass is 10.1. The molecule has 0 aromatic heterocycles. The Morgan fingerprint density at radius 1 is 0.917 bits per heavy atom. The number of carbonyl (C=O) groups excluding carboxylic acids is 1. The maximum atomic E-state index is 12.4. The number of ether oxygens (including phenoxy) is 1. The first kappa shape index (κ1) is 16.5. The van der Waals surface area contributed by atoms with E-state index in [2.05, 4.69) is 17.0 Å². The first-order valence-corrected chi connectivity index (χ1v) is 8.41. The summed E-state index contributed by atoms with van der Waals surface area (Å²) in [5.74, 6) is 1.11. The van der Waals surface area contributed by atoms with E-state index >= 15 is 0 Å². The molecule has 0 unspecified atom stereocenters. The van der Waals surface area contributed by atoms with Crippen LogP contribution >= 0.6 is 0 Å². The monoisotopic (exact) mass is 324 g/mol. The fourth-order valence-corrected chi connectivity index (χ4v) is 3.03. The van der Waals surface area contributed by atoms with E-state index in [1.807, 2.05) is 47.4 Å². The summed E-state index contributed by atoms with van der Waals surface area (Å²) in [5.41, 5.74) is 2.36. The van der Waals surface area contributed by atoms with Crippen LogP contribution in [-0.2, 0) is 17.8 Å². The standard InChI is InChI=1S/C20H24N2O2/c1-24-19-9-7-18(8-10-19)16-21-11-13-22(14-12-21)20(23)15-17-5-3-2-4-6-17/h2-10H,11-16H2,1H3. The van der Waals surface area contributed by atoms with Gasteiger partial charge >= 0.3 is 0 Å².